The SMILES string of the molecule is CCCc1nnc(SCC(=O)Nc2ccc(OC(F)F)cc2)n1-n1cccc1. The number of aryl methyl sites for hydroxylation is 1. The maximum Gasteiger partial charge on any atom is 0.387 e. The van der Waals surface area contributed by atoms with Crippen LogP contribution in [0.4, 0.5) is 14.5 Å². The van der Waals surface area contributed by atoms with Crippen LogP contribution in [0.15, 0.2) is 53.9 Å². The number of nitrogens with one attached hydrogen (secondary N) is 1. The molecule has 148 valence electrons. The maximum atomic E-state index is 12.2. The Hall–Kier alpha value is -2.88. The summed E-state index contributed by atoms with van der Waals surface area (Å²) >= 11 is 1.26. The van der Waals surface area contributed by atoms with Gasteiger partial charge in [-0.25, -0.2) is 4.68 Å². The highest BCUT2D eigenvalue weighted by Gasteiger charge is 2.15. The molecule has 0 saturated heterocycles. The predicted octanol–water partition coefficient (Wildman–Crippen LogP) is 3.68. The summed E-state index contributed by atoms with van der Waals surface area (Å²) < 4.78 is 32.4. The molecule has 0 bridgehead atoms. The lowest BCUT2D eigenvalue weighted by molar-refractivity contribution is -0.113. The summed E-state index contributed by atoms with van der Waals surface area (Å²) in [5.74, 6) is 0.731. The van der Waals surface area contributed by atoms with E-state index in [1.54, 1.807) is 0 Å². The molecule has 0 aliphatic carbocycles. The van der Waals surface area contributed by atoms with E-state index in [-0.39, 0.29) is 17.4 Å². The highest BCUT2D eigenvalue weighted by molar-refractivity contribution is 7.99. The first-order chi connectivity index (χ1) is 13.6. The Morgan fingerprint density at radius 3 is 2.57 bits per heavy atom. The number of anilines is 1. The van der Waals surface area contributed by atoms with Gasteiger partial charge in [-0.2, -0.15) is 8.78 Å². The Labute approximate surface area is 164 Å². The zero-order valence-electron chi connectivity index (χ0n) is 15.1. The summed E-state index contributed by atoms with van der Waals surface area (Å²) in [6.07, 6.45) is 5.46. The molecule has 0 saturated carbocycles. The van der Waals surface area contributed by atoms with Gasteiger partial charge in [-0.1, -0.05) is 18.7 Å². The molecule has 3 aromatic rings. The highest BCUT2D eigenvalue weighted by atomic mass is 32.2. The van der Waals surface area contributed by atoms with Crippen LogP contribution in [-0.2, 0) is 11.2 Å². The summed E-state index contributed by atoms with van der Waals surface area (Å²) in [7, 11) is 0. The molecule has 0 aliphatic rings. The van der Waals surface area contributed by atoms with Crippen molar-refractivity contribution in [3.63, 3.8) is 0 Å². The molecule has 0 unspecified atom stereocenters. The van der Waals surface area contributed by atoms with Crippen molar-refractivity contribution < 1.29 is 18.3 Å². The van der Waals surface area contributed by atoms with Gasteiger partial charge in [0.2, 0.25) is 11.1 Å². The van der Waals surface area contributed by atoms with E-state index in [4.69, 9.17) is 0 Å². The lowest BCUT2D eigenvalue weighted by Gasteiger charge is -2.11. The maximum absolute atomic E-state index is 12.2. The fourth-order valence-electron chi connectivity index (χ4n) is 2.50. The second kappa shape index (κ2) is 9.36. The molecular formula is C18H19F2N5O2S. The van der Waals surface area contributed by atoms with Gasteiger partial charge in [0, 0.05) is 24.5 Å². The summed E-state index contributed by atoms with van der Waals surface area (Å²) in [5.41, 5.74) is 0.491. The van der Waals surface area contributed by atoms with E-state index in [9.17, 15) is 13.6 Å². The molecule has 0 aliphatic heterocycles. The first-order valence-corrected chi connectivity index (χ1v) is 9.61. The number of carbonyl (C=O) groups is 1. The van der Waals surface area contributed by atoms with Crippen molar-refractivity contribution in [3.8, 4) is 5.75 Å². The molecule has 28 heavy (non-hydrogen) atoms. The third kappa shape index (κ3) is 5.10. The number of amides is 1. The van der Waals surface area contributed by atoms with Crippen molar-refractivity contribution in [1.29, 1.82) is 0 Å². The minimum absolute atomic E-state index is 0.0330. The summed E-state index contributed by atoms with van der Waals surface area (Å²) in [6, 6.07) is 9.55. The Morgan fingerprint density at radius 2 is 1.93 bits per heavy atom. The quantitative estimate of drug-likeness (QED) is 0.548. The smallest absolute Gasteiger partial charge is 0.387 e. The van der Waals surface area contributed by atoms with E-state index in [1.165, 1.54) is 36.0 Å². The molecule has 1 aromatic carbocycles. The first-order valence-electron chi connectivity index (χ1n) is 8.62. The van der Waals surface area contributed by atoms with Crippen LogP contribution in [0.2, 0.25) is 0 Å². The number of hydrogen-bond acceptors (Lipinski definition) is 5. The van der Waals surface area contributed by atoms with Crippen molar-refractivity contribution in [2.45, 2.75) is 31.5 Å². The van der Waals surface area contributed by atoms with E-state index in [2.05, 4.69) is 27.2 Å². The fourth-order valence-corrected chi connectivity index (χ4v) is 3.26. The number of thioether (sulfide) groups is 1. The second-order valence-corrected chi connectivity index (χ2v) is 6.71. The van der Waals surface area contributed by atoms with Crippen molar-refractivity contribution in [2.75, 3.05) is 11.1 Å². The van der Waals surface area contributed by atoms with Crippen molar-refractivity contribution in [3.05, 3.63) is 54.6 Å². The second-order valence-electron chi connectivity index (χ2n) is 5.76. The average molecular weight is 407 g/mol. The number of rotatable bonds is 9. The van der Waals surface area contributed by atoms with Gasteiger partial charge in [0.25, 0.3) is 0 Å². The van der Waals surface area contributed by atoms with Crippen LogP contribution in [-0.4, -0.2) is 37.8 Å². The van der Waals surface area contributed by atoms with E-state index in [1.807, 2.05) is 33.9 Å². The lowest BCUT2D eigenvalue weighted by Crippen LogP contribution is -2.16. The third-order valence-electron chi connectivity index (χ3n) is 3.67. The molecule has 0 fully saturated rings. The van der Waals surface area contributed by atoms with Crippen LogP contribution < -0.4 is 10.1 Å². The standard InChI is InChI=1S/C18H19F2N5O2S/c1-2-5-15-22-23-18(25(15)24-10-3-4-11-24)28-12-16(26)21-13-6-8-14(9-7-13)27-17(19)20/h3-4,6-11,17H,2,5,12H2,1H3,(H,21,26). The van der Waals surface area contributed by atoms with Crippen LogP contribution in [0.25, 0.3) is 0 Å². The molecule has 0 spiro atoms. The molecular weight excluding hydrogens is 388 g/mol. The number of halogens is 2. The molecule has 2 aromatic heterocycles. The molecule has 2 heterocycles. The normalized spacial score (nSPS) is 11.0. The molecule has 10 heteroatoms. The number of aromatic nitrogens is 4. The summed E-state index contributed by atoms with van der Waals surface area (Å²) in [6.45, 7) is -0.820. The fraction of sp³-hybridized carbons (Fsp3) is 0.278. The van der Waals surface area contributed by atoms with Gasteiger partial charge in [-0.15, -0.1) is 10.2 Å². The zero-order chi connectivity index (χ0) is 19.9. The average Bonchev–Trinajstić information content (AvgIpc) is 3.31. The van der Waals surface area contributed by atoms with Crippen LogP contribution in [0.1, 0.15) is 19.2 Å². The van der Waals surface area contributed by atoms with Gasteiger partial charge < -0.3 is 10.1 Å². The number of alkyl halides is 2. The van der Waals surface area contributed by atoms with E-state index in [0.717, 1.165) is 18.7 Å². The molecule has 1 N–H and O–H groups in total. The number of ether oxygens (including phenoxy) is 1. The molecule has 0 atom stereocenters. The first kappa shape index (κ1) is 19.9. The van der Waals surface area contributed by atoms with Gasteiger partial charge in [-0.05, 0) is 42.8 Å². The number of benzene rings is 1. The van der Waals surface area contributed by atoms with E-state index in [0.29, 0.717) is 10.8 Å². The number of nitrogens with zero attached hydrogens (tertiary/aromatic N) is 4. The lowest BCUT2D eigenvalue weighted by atomic mass is 10.3. The number of hydrogen-bond donors (Lipinski definition) is 1. The van der Waals surface area contributed by atoms with E-state index >= 15 is 0 Å². The Kier molecular flexibility index (Phi) is 6.64. The van der Waals surface area contributed by atoms with Gasteiger partial charge in [-0.3, -0.25) is 9.47 Å². The Bertz CT molecular complexity index is 897. The monoisotopic (exact) mass is 407 g/mol. The summed E-state index contributed by atoms with van der Waals surface area (Å²) in [5, 5.41) is 11.7. The minimum atomic E-state index is -2.88. The molecule has 1 amide bonds. The number of carbonyl (C=O) groups excluding carboxylic acids is 1. The van der Waals surface area contributed by atoms with Gasteiger partial charge in [0.1, 0.15) is 5.75 Å². The third-order valence-corrected chi connectivity index (χ3v) is 4.58. The predicted molar refractivity (Wildman–Crippen MR) is 102 cm³/mol. The van der Waals surface area contributed by atoms with Crippen LogP contribution in [0, 0.1) is 0 Å². The van der Waals surface area contributed by atoms with Gasteiger partial charge in [0.05, 0.1) is 5.75 Å². The van der Waals surface area contributed by atoms with Crippen molar-refractivity contribution in [1.82, 2.24) is 19.5 Å². The van der Waals surface area contributed by atoms with Crippen LogP contribution in [0.3, 0.4) is 0 Å². The molecule has 7 nitrogen and oxygen atoms in total. The zero-order valence-corrected chi connectivity index (χ0v) is 15.9. The topological polar surface area (TPSA) is 74.0 Å². The van der Waals surface area contributed by atoms with Crippen LogP contribution in [0.5, 0.6) is 5.75 Å². The molecule has 0 radical (unpaired) electrons. The van der Waals surface area contributed by atoms with Crippen molar-refractivity contribution >= 4 is 23.4 Å². The van der Waals surface area contributed by atoms with Crippen molar-refractivity contribution in [2.24, 2.45) is 0 Å². The molecule has 3 rings (SSSR count). The van der Waals surface area contributed by atoms with Crippen LogP contribution >= 0.6 is 11.8 Å². The Balaban J connectivity index is 1.62. The van der Waals surface area contributed by atoms with Gasteiger partial charge >= 0.3 is 6.61 Å². The highest BCUT2D eigenvalue weighted by Crippen LogP contribution is 2.20. The summed E-state index contributed by atoms with van der Waals surface area (Å²) in [4.78, 5) is 12.2. The largest absolute Gasteiger partial charge is 0.435 e. The Morgan fingerprint density at radius 1 is 1.21 bits per heavy atom. The van der Waals surface area contributed by atoms with Gasteiger partial charge in [0.15, 0.2) is 5.82 Å². The minimum Gasteiger partial charge on any atom is -0.435 e. The van der Waals surface area contributed by atoms with E-state index < -0.39 is 6.61 Å².